The molecule has 4 aliphatic carbocycles. The van der Waals surface area contributed by atoms with Gasteiger partial charge >= 0.3 is 6.03 Å². The highest BCUT2D eigenvalue weighted by Crippen LogP contribution is 2.55. The number of hydrogen-bond acceptors (Lipinski definition) is 2. The number of nitrogens with one attached hydrogen (secondary N) is 2. The van der Waals surface area contributed by atoms with Gasteiger partial charge in [-0.2, -0.15) is 0 Å². The summed E-state index contributed by atoms with van der Waals surface area (Å²) in [5.74, 6) is 2.52. The van der Waals surface area contributed by atoms with Crippen LogP contribution in [0.4, 0.5) is 4.79 Å². The monoisotopic (exact) mass is 336 g/mol. The minimum absolute atomic E-state index is 0.0630. The van der Waals surface area contributed by atoms with Crippen molar-refractivity contribution in [1.82, 2.24) is 10.0 Å². The summed E-state index contributed by atoms with van der Waals surface area (Å²) in [5.41, 5.74) is 0.0632. The summed E-state index contributed by atoms with van der Waals surface area (Å²) in [6, 6.07) is 7.47. The quantitative estimate of drug-likeness (QED) is 0.791. The third-order valence-electron chi connectivity index (χ3n) is 5.47. The van der Waals surface area contributed by atoms with Gasteiger partial charge in [-0.3, -0.25) is 4.72 Å². The Kier molecular flexibility index (Phi) is 3.77. The summed E-state index contributed by atoms with van der Waals surface area (Å²) >= 11 is 7.29. The van der Waals surface area contributed by atoms with E-state index in [0.717, 1.165) is 22.6 Å². The molecule has 5 heteroatoms. The van der Waals surface area contributed by atoms with Gasteiger partial charge in [0.2, 0.25) is 0 Å². The lowest BCUT2D eigenvalue weighted by Crippen LogP contribution is -2.60. The van der Waals surface area contributed by atoms with Gasteiger partial charge in [0.25, 0.3) is 0 Å². The molecule has 0 radical (unpaired) electrons. The first-order chi connectivity index (χ1) is 10.6. The fraction of sp³-hybridized carbons (Fsp3) is 0.588. The first-order valence-corrected chi connectivity index (χ1v) is 9.30. The normalized spacial score (nSPS) is 35.4. The highest BCUT2D eigenvalue weighted by Gasteiger charge is 2.51. The average molecular weight is 337 g/mol. The number of halogens is 1. The molecule has 118 valence electrons. The number of hydrogen-bond donors (Lipinski definition) is 2. The second kappa shape index (κ2) is 5.64. The third kappa shape index (κ3) is 2.95. The number of rotatable bonds is 3. The first kappa shape index (κ1) is 14.7. The smallest absolute Gasteiger partial charge is 0.325 e. The van der Waals surface area contributed by atoms with Gasteiger partial charge in [0, 0.05) is 15.5 Å². The maximum atomic E-state index is 12.3. The molecule has 0 atom stereocenters. The van der Waals surface area contributed by atoms with Crippen molar-refractivity contribution in [2.45, 2.75) is 49.0 Å². The Bertz CT molecular complexity index is 556. The van der Waals surface area contributed by atoms with Gasteiger partial charge in [-0.05, 0) is 86.4 Å². The van der Waals surface area contributed by atoms with Crippen LogP contribution >= 0.6 is 23.5 Å². The van der Waals surface area contributed by atoms with Crippen molar-refractivity contribution < 1.29 is 4.79 Å². The Morgan fingerprint density at radius 2 is 1.77 bits per heavy atom. The van der Waals surface area contributed by atoms with Crippen LogP contribution in [0.1, 0.15) is 38.5 Å². The average Bonchev–Trinajstić information content (AvgIpc) is 2.43. The standard InChI is InChI=1S/C17H21ClN2OS/c18-14-2-1-3-15(7-14)22-20-16(21)19-17-8-11-4-12(9-17)6-13(5-11)10-17/h1-3,7,11-13H,4-6,8-10H2,(H2,19,20,21). The predicted octanol–water partition coefficient (Wildman–Crippen LogP) is 4.62. The fourth-order valence-electron chi connectivity index (χ4n) is 5.17. The summed E-state index contributed by atoms with van der Waals surface area (Å²) in [4.78, 5) is 13.3. The van der Waals surface area contributed by atoms with Gasteiger partial charge < -0.3 is 5.32 Å². The summed E-state index contributed by atoms with van der Waals surface area (Å²) in [6.07, 6.45) is 7.69. The van der Waals surface area contributed by atoms with Crippen LogP contribution in [0.3, 0.4) is 0 Å². The van der Waals surface area contributed by atoms with E-state index < -0.39 is 0 Å². The predicted molar refractivity (Wildman–Crippen MR) is 89.9 cm³/mol. The lowest BCUT2D eigenvalue weighted by Gasteiger charge is -2.56. The van der Waals surface area contributed by atoms with Crippen LogP contribution in [0.25, 0.3) is 0 Å². The molecule has 2 N–H and O–H groups in total. The molecular formula is C17H21ClN2OS. The first-order valence-electron chi connectivity index (χ1n) is 8.11. The lowest BCUT2D eigenvalue weighted by molar-refractivity contribution is -0.0131. The Morgan fingerprint density at radius 3 is 2.36 bits per heavy atom. The van der Waals surface area contributed by atoms with Crippen molar-refractivity contribution in [1.29, 1.82) is 0 Å². The lowest BCUT2D eigenvalue weighted by atomic mass is 9.53. The van der Waals surface area contributed by atoms with Crippen molar-refractivity contribution in [3.63, 3.8) is 0 Å². The molecule has 0 unspecified atom stereocenters. The molecule has 5 rings (SSSR count). The van der Waals surface area contributed by atoms with E-state index >= 15 is 0 Å². The zero-order valence-electron chi connectivity index (χ0n) is 12.5. The van der Waals surface area contributed by atoms with Gasteiger partial charge in [-0.25, -0.2) is 4.79 Å². The summed E-state index contributed by atoms with van der Waals surface area (Å²) in [5, 5.41) is 3.99. The van der Waals surface area contributed by atoms with Crippen LogP contribution in [0.5, 0.6) is 0 Å². The zero-order chi connectivity index (χ0) is 15.2. The second-order valence-corrected chi connectivity index (χ2v) is 8.63. The van der Waals surface area contributed by atoms with Crippen molar-refractivity contribution in [2.75, 3.05) is 0 Å². The van der Waals surface area contributed by atoms with Crippen LogP contribution in [0, 0.1) is 17.8 Å². The molecule has 2 amide bonds. The van der Waals surface area contributed by atoms with Crippen LogP contribution in [0.15, 0.2) is 29.2 Å². The van der Waals surface area contributed by atoms with Crippen LogP contribution < -0.4 is 10.0 Å². The van der Waals surface area contributed by atoms with Crippen molar-refractivity contribution in [3.05, 3.63) is 29.3 Å². The molecule has 22 heavy (non-hydrogen) atoms. The summed E-state index contributed by atoms with van der Waals surface area (Å²) in [7, 11) is 0. The van der Waals surface area contributed by atoms with E-state index in [2.05, 4.69) is 10.0 Å². The van der Waals surface area contributed by atoms with Gasteiger partial charge in [-0.1, -0.05) is 17.7 Å². The van der Waals surface area contributed by atoms with E-state index in [9.17, 15) is 4.79 Å². The molecule has 0 saturated heterocycles. The molecule has 0 aromatic heterocycles. The Hall–Kier alpha value is -0.870. The van der Waals surface area contributed by atoms with Gasteiger partial charge in [0.1, 0.15) is 0 Å². The Balaban J connectivity index is 1.36. The van der Waals surface area contributed by atoms with E-state index in [1.807, 2.05) is 24.3 Å². The Labute approximate surface area is 140 Å². The van der Waals surface area contributed by atoms with E-state index in [0.29, 0.717) is 5.02 Å². The second-order valence-electron chi connectivity index (χ2n) is 7.31. The van der Waals surface area contributed by atoms with Crippen molar-refractivity contribution >= 4 is 29.6 Å². The SMILES string of the molecule is O=C(NSc1cccc(Cl)c1)NC12CC3CC(CC(C3)C1)C2. The largest absolute Gasteiger partial charge is 0.332 e. The molecule has 4 saturated carbocycles. The molecule has 1 aromatic rings. The maximum Gasteiger partial charge on any atom is 0.325 e. The summed E-state index contributed by atoms with van der Waals surface area (Å²) in [6.45, 7) is 0. The molecule has 4 fully saturated rings. The Morgan fingerprint density at radius 1 is 1.14 bits per heavy atom. The molecule has 4 bridgehead atoms. The van der Waals surface area contributed by atoms with Gasteiger partial charge in [0.15, 0.2) is 0 Å². The number of amides is 2. The van der Waals surface area contributed by atoms with E-state index in [4.69, 9.17) is 11.6 Å². The maximum absolute atomic E-state index is 12.3. The van der Waals surface area contributed by atoms with Gasteiger partial charge in [-0.15, -0.1) is 0 Å². The topological polar surface area (TPSA) is 41.1 Å². The van der Waals surface area contributed by atoms with E-state index in [1.165, 1.54) is 50.5 Å². The number of carbonyl (C=O) groups excluding carboxylic acids is 1. The summed E-state index contributed by atoms with van der Waals surface area (Å²) < 4.78 is 2.91. The molecular weight excluding hydrogens is 316 g/mol. The molecule has 0 heterocycles. The zero-order valence-corrected chi connectivity index (χ0v) is 14.1. The molecule has 3 nitrogen and oxygen atoms in total. The fourth-order valence-corrected chi connectivity index (χ4v) is 6.01. The minimum Gasteiger partial charge on any atom is -0.332 e. The van der Waals surface area contributed by atoms with Crippen molar-refractivity contribution in [3.8, 4) is 0 Å². The minimum atomic E-state index is -0.0630. The number of benzene rings is 1. The molecule has 1 aromatic carbocycles. The van der Waals surface area contributed by atoms with Crippen LogP contribution in [0.2, 0.25) is 5.02 Å². The highest BCUT2D eigenvalue weighted by molar-refractivity contribution is 7.98. The van der Waals surface area contributed by atoms with Crippen molar-refractivity contribution in [2.24, 2.45) is 17.8 Å². The molecule has 0 aliphatic heterocycles. The van der Waals surface area contributed by atoms with E-state index in [-0.39, 0.29) is 11.6 Å². The van der Waals surface area contributed by atoms with Crippen LogP contribution in [-0.4, -0.2) is 11.6 Å². The third-order valence-corrected chi connectivity index (χ3v) is 6.49. The highest BCUT2D eigenvalue weighted by atomic mass is 35.5. The number of carbonyl (C=O) groups is 1. The van der Waals surface area contributed by atoms with Gasteiger partial charge in [0.05, 0.1) is 0 Å². The van der Waals surface area contributed by atoms with E-state index in [1.54, 1.807) is 0 Å². The number of urea groups is 1. The van der Waals surface area contributed by atoms with Crippen LogP contribution in [-0.2, 0) is 0 Å². The molecule has 0 spiro atoms. The molecule has 4 aliphatic rings.